The Kier molecular flexibility index (Phi) is 2.68. The van der Waals surface area contributed by atoms with Crippen LogP contribution in [0.4, 0.5) is 5.69 Å². The lowest BCUT2D eigenvalue weighted by atomic mass is 9.88. The summed E-state index contributed by atoms with van der Waals surface area (Å²) in [7, 11) is 0. The summed E-state index contributed by atoms with van der Waals surface area (Å²) < 4.78 is 0. The summed E-state index contributed by atoms with van der Waals surface area (Å²) in [6.07, 6.45) is 3.13. The van der Waals surface area contributed by atoms with Gasteiger partial charge >= 0.3 is 0 Å². The molecule has 1 aromatic carbocycles. The molecular formula is C12H16N2O2. The quantitative estimate of drug-likeness (QED) is 0.625. The van der Waals surface area contributed by atoms with Gasteiger partial charge < -0.3 is 5.73 Å². The van der Waals surface area contributed by atoms with Gasteiger partial charge in [-0.1, -0.05) is 6.07 Å². The van der Waals surface area contributed by atoms with Gasteiger partial charge in [-0.05, 0) is 49.3 Å². The van der Waals surface area contributed by atoms with Gasteiger partial charge in [-0.2, -0.15) is 0 Å². The number of hydrogen-bond acceptors (Lipinski definition) is 3. The molecule has 4 nitrogen and oxygen atoms in total. The number of nitrogens with two attached hydrogens (primary N) is 1. The SMILES string of the molecule is Cc1ccc([N+](=O)[O-])cc1C1(CCN)CC1. The monoisotopic (exact) mass is 220 g/mol. The molecule has 0 aliphatic heterocycles. The molecule has 0 unspecified atom stereocenters. The third kappa shape index (κ3) is 1.80. The van der Waals surface area contributed by atoms with E-state index >= 15 is 0 Å². The number of non-ortho nitro benzene ring substituents is 1. The number of aryl methyl sites for hydroxylation is 1. The zero-order valence-corrected chi connectivity index (χ0v) is 9.40. The summed E-state index contributed by atoms with van der Waals surface area (Å²) in [4.78, 5) is 10.4. The van der Waals surface area contributed by atoms with Crippen molar-refractivity contribution in [2.24, 2.45) is 5.73 Å². The van der Waals surface area contributed by atoms with E-state index in [1.165, 1.54) is 0 Å². The predicted octanol–water partition coefficient (Wildman–Crippen LogP) is 2.28. The third-order valence-corrected chi connectivity index (χ3v) is 3.48. The summed E-state index contributed by atoms with van der Waals surface area (Å²) in [6, 6.07) is 5.12. The van der Waals surface area contributed by atoms with Crippen LogP contribution < -0.4 is 5.73 Å². The molecule has 1 aliphatic carbocycles. The highest BCUT2D eigenvalue weighted by Gasteiger charge is 2.44. The highest BCUT2D eigenvalue weighted by molar-refractivity contribution is 5.45. The fourth-order valence-corrected chi connectivity index (χ4v) is 2.38. The van der Waals surface area contributed by atoms with Crippen LogP contribution in [0.5, 0.6) is 0 Å². The molecule has 1 aliphatic rings. The molecule has 1 fully saturated rings. The van der Waals surface area contributed by atoms with Gasteiger partial charge in [0.25, 0.3) is 5.69 Å². The van der Waals surface area contributed by atoms with Crippen LogP contribution in [0.15, 0.2) is 18.2 Å². The maximum atomic E-state index is 10.8. The Hall–Kier alpha value is -1.42. The van der Waals surface area contributed by atoms with Crippen LogP contribution >= 0.6 is 0 Å². The lowest BCUT2D eigenvalue weighted by molar-refractivity contribution is -0.385. The van der Waals surface area contributed by atoms with Crippen molar-refractivity contribution in [1.82, 2.24) is 0 Å². The third-order valence-electron chi connectivity index (χ3n) is 3.48. The number of nitrogens with zero attached hydrogens (tertiary/aromatic N) is 1. The smallest absolute Gasteiger partial charge is 0.269 e. The molecule has 1 aromatic rings. The van der Waals surface area contributed by atoms with Gasteiger partial charge in [0, 0.05) is 12.1 Å². The zero-order valence-electron chi connectivity index (χ0n) is 9.40. The van der Waals surface area contributed by atoms with Gasteiger partial charge in [0.1, 0.15) is 0 Å². The molecule has 16 heavy (non-hydrogen) atoms. The first-order valence-electron chi connectivity index (χ1n) is 5.55. The van der Waals surface area contributed by atoms with E-state index < -0.39 is 0 Å². The van der Waals surface area contributed by atoms with Gasteiger partial charge in [-0.3, -0.25) is 10.1 Å². The van der Waals surface area contributed by atoms with Crippen molar-refractivity contribution < 1.29 is 4.92 Å². The van der Waals surface area contributed by atoms with Gasteiger partial charge in [-0.15, -0.1) is 0 Å². The van der Waals surface area contributed by atoms with E-state index in [0.29, 0.717) is 6.54 Å². The molecule has 0 amide bonds. The molecule has 0 aromatic heterocycles. The highest BCUT2D eigenvalue weighted by Crippen LogP contribution is 2.52. The number of nitro groups is 1. The van der Waals surface area contributed by atoms with Gasteiger partial charge in [0.15, 0.2) is 0 Å². The molecular weight excluding hydrogens is 204 g/mol. The zero-order chi connectivity index (χ0) is 11.8. The van der Waals surface area contributed by atoms with Crippen LogP contribution in [0.1, 0.15) is 30.4 Å². The Morgan fingerprint density at radius 3 is 2.69 bits per heavy atom. The minimum absolute atomic E-state index is 0.130. The van der Waals surface area contributed by atoms with Crippen molar-refractivity contribution in [3.8, 4) is 0 Å². The molecule has 0 bridgehead atoms. The van der Waals surface area contributed by atoms with Gasteiger partial charge in [-0.25, -0.2) is 0 Å². The normalized spacial score (nSPS) is 17.1. The first kappa shape index (κ1) is 11.1. The minimum Gasteiger partial charge on any atom is -0.330 e. The van der Waals surface area contributed by atoms with E-state index in [0.717, 1.165) is 30.4 Å². The molecule has 2 N–H and O–H groups in total. The summed E-state index contributed by atoms with van der Waals surface area (Å²) in [5, 5.41) is 10.8. The summed E-state index contributed by atoms with van der Waals surface area (Å²) >= 11 is 0. The second-order valence-corrected chi connectivity index (χ2v) is 4.58. The largest absolute Gasteiger partial charge is 0.330 e. The Bertz CT molecular complexity index is 425. The predicted molar refractivity (Wildman–Crippen MR) is 62.4 cm³/mol. The maximum absolute atomic E-state index is 10.8. The summed E-state index contributed by atoms with van der Waals surface area (Å²) in [5.41, 5.74) is 8.17. The van der Waals surface area contributed by atoms with Crippen molar-refractivity contribution in [1.29, 1.82) is 0 Å². The number of benzene rings is 1. The van der Waals surface area contributed by atoms with Crippen LogP contribution in [0.3, 0.4) is 0 Å². The second kappa shape index (κ2) is 3.87. The van der Waals surface area contributed by atoms with Crippen LogP contribution in [0, 0.1) is 17.0 Å². The molecule has 86 valence electrons. The Morgan fingerprint density at radius 1 is 1.50 bits per heavy atom. The lowest BCUT2D eigenvalue weighted by Gasteiger charge is -2.16. The first-order valence-corrected chi connectivity index (χ1v) is 5.55. The standard InChI is InChI=1S/C12H16N2O2/c1-9-2-3-10(14(15)16)8-11(9)12(4-5-12)6-7-13/h2-3,8H,4-7,13H2,1H3. The van der Waals surface area contributed by atoms with Crippen LogP contribution in [0.2, 0.25) is 0 Å². The molecule has 1 saturated carbocycles. The minimum atomic E-state index is -0.332. The Labute approximate surface area is 94.6 Å². The fraction of sp³-hybridized carbons (Fsp3) is 0.500. The van der Waals surface area contributed by atoms with E-state index in [-0.39, 0.29) is 16.0 Å². The van der Waals surface area contributed by atoms with Crippen LogP contribution in [-0.2, 0) is 5.41 Å². The van der Waals surface area contributed by atoms with Gasteiger partial charge in [0.05, 0.1) is 4.92 Å². The topological polar surface area (TPSA) is 69.2 Å². The van der Waals surface area contributed by atoms with Crippen molar-refractivity contribution >= 4 is 5.69 Å². The molecule has 0 atom stereocenters. The van der Waals surface area contributed by atoms with Crippen LogP contribution in [-0.4, -0.2) is 11.5 Å². The molecule has 0 spiro atoms. The molecule has 0 saturated heterocycles. The molecule has 0 radical (unpaired) electrons. The highest BCUT2D eigenvalue weighted by atomic mass is 16.6. The fourth-order valence-electron chi connectivity index (χ4n) is 2.38. The lowest BCUT2D eigenvalue weighted by Crippen LogP contribution is -2.14. The number of nitro benzene ring substituents is 1. The van der Waals surface area contributed by atoms with Crippen molar-refractivity contribution in [2.45, 2.75) is 31.6 Å². The van der Waals surface area contributed by atoms with Gasteiger partial charge in [0.2, 0.25) is 0 Å². The Morgan fingerprint density at radius 2 is 2.19 bits per heavy atom. The first-order chi connectivity index (χ1) is 7.59. The van der Waals surface area contributed by atoms with Crippen molar-refractivity contribution in [2.75, 3.05) is 6.54 Å². The number of rotatable bonds is 4. The van der Waals surface area contributed by atoms with E-state index in [1.807, 2.05) is 13.0 Å². The van der Waals surface area contributed by atoms with E-state index in [4.69, 9.17) is 5.73 Å². The van der Waals surface area contributed by atoms with Crippen molar-refractivity contribution in [3.05, 3.63) is 39.4 Å². The Balaban J connectivity index is 2.40. The van der Waals surface area contributed by atoms with E-state index in [2.05, 4.69) is 0 Å². The molecule has 2 rings (SSSR count). The summed E-state index contributed by atoms with van der Waals surface area (Å²) in [5.74, 6) is 0. The molecule has 4 heteroatoms. The number of hydrogen-bond donors (Lipinski definition) is 1. The maximum Gasteiger partial charge on any atom is 0.269 e. The second-order valence-electron chi connectivity index (χ2n) is 4.58. The van der Waals surface area contributed by atoms with Crippen LogP contribution in [0.25, 0.3) is 0 Å². The summed E-state index contributed by atoms with van der Waals surface area (Å²) in [6.45, 7) is 2.65. The molecule has 0 heterocycles. The van der Waals surface area contributed by atoms with E-state index in [1.54, 1.807) is 12.1 Å². The average molecular weight is 220 g/mol. The average Bonchev–Trinajstić information content (AvgIpc) is 2.99. The van der Waals surface area contributed by atoms with Crippen molar-refractivity contribution in [3.63, 3.8) is 0 Å². The van der Waals surface area contributed by atoms with E-state index in [9.17, 15) is 10.1 Å².